The number of nitrogens with one attached hydrogen (secondary N) is 3. The summed E-state index contributed by atoms with van der Waals surface area (Å²) in [6.07, 6.45) is 4.12. The quantitative estimate of drug-likeness (QED) is 0.719. The Morgan fingerprint density at radius 1 is 1.41 bits per heavy atom. The van der Waals surface area contributed by atoms with Gasteiger partial charge in [-0.25, -0.2) is 5.43 Å². The van der Waals surface area contributed by atoms with Crippen molar-refractivity contribution in [1.29, 1.82) is 0 Å². The van der Waals surface area contributed by atoms with Crippen LogP contribution in [0.15, 0.2) is 24.5 Å². The molecule has 1 amide bonds. The number of hydrogen-bond donors (Lipinski definition) is 3. The van der Waals surface area contributed by atoms with Crippen LogP contribution in [0.3, 0.4) is 0 Å². The normalized spacial score (nSPS) is 23.9. The maximum absolute atomic E-state index is 11.9. The number of pyridine rings is 1. The minimum atomic E-state index is -0.0730. The van der Waals surface area contributed by atoms with Crippen molar-refractivity contribution >= 4 is 5.91 Å². The number of hydrazine groups is 1. The molecule has 2 unspecified atom stereocenters. The summed E-state index contributed by atoms with van der Waals surface area (Å²) in [5.41, 5.74) is 6.91. The van der Waals surface area contributed by atoms with Gasteiger partial charge in [0.25, 0.3) is 5.91 Å². The van der Waals surface area contributed by atoms with E-state index >= 15 is 0 Å². The zero-order valence-corrected chi connectivity index (χ0v) is 10.1. The molecule has 1 aromatic rings. The molecule has 1 aromatic heterocycles. The van der Waals surface area contributed by atoms with Crippen molar-refractivity contribution in [2.24, 2.45) is 5.92 Å². The molecule has 1 saturated heterocycles. The molecule has 92 valence electrons. The Hall–Kier alpha value is -1.46. The summed E-state index contributed by atoms with van der Waals surface area (Å²) in [5, 5.41) is 2.94. The molecule has 0 bridgehead atoms. The van der Waals surface area contributed by atoms with Gasteiger partial charge in [-0.05, 0) is 24.5 Å². The van der Waals surface area contributed by atoms with Crippen LogP contribution in [0.2, 0.25) is 0 Å². The molecule has 2 heterocycles. The SMILES string of the molecule is CC(C)C1CC(NC(=O)c2ccncc2)NN1. The first-order valence-electron chi connectivity index (χ1n) is 5.89. The highest BCUT2D eigenvalue weighted by Gasteiger charge is 2.26. The van der Waals surface area contributed by atoms with Crippen molar-refractivity contribution in [1.82, 2.24) is 21.2 Å². The van der Waals surface area contributed by atoms with Crippen LogP contribution in [-0.2, 0) is 0 Å². The monoisotopic (exact) mass is 234 g/mol. The minimum absolute atomic E-state index is 0.0111. The van der Waals surface area contributed by atoms with Gasteiger partial charge >= 0.3 is 0 Å². The second-order valence-corrected chi connectivity index (χ2v) is 4.64. The largest absolute Gasteiger partial charge is 0.335 e. The predicted molar refractivity (Wildman–Crippen MR) is 65.0 cm³/mol. The molecule has 1 aliphatic heterocycles. The molecule has 3 N–H and O–H groups in total. The number of hydrogen-bond acceptors (Lipinski definition) is 4. The molecule has 0 spiro atoms. The molecular formula is C12H18N4O. The smallest absolute Gasteiger partial charge is 0.252 e. The van der Waals surface area contributed by atoms with E-state index in [1.165, 1.54) is 0 Å². The average Bonchev–Trinajstić information content (AvgIpc) is 2.79. The number of carbonyl (C=O) groups is 1. The van der Waals surface area contributed by atoms with Crippen molar-refractivity contribution in [3.05, 3.63) is 30.1 Å². The lowest BCUT2D eigenvalue weighted by molar-refractivity contribution is 0.0932. The van der Waals surface area contributed by atoms with Crippen LogP contribution in [-0.4, -0.2) is 23.1 Å². The Morgan fingerprint density at radius 3 is 2.71 bits per heavy atom. The van der Waals surface area contributed by atoms with E-state index < -0.39 is 0 Å². The standard InChI is InChI=1S/C12H18N4O/c1-8(2)10-7-11(16-15-10)14-12(17)9-3-5-13-6-4-9/h3-6,8,10-11,15-16H,7H2,1-2H3,(H,14,17). The first-order valence-corrected chi connectivity index (χ1v) is 5.89. The van der Waals surface area contributed by atoms with E-state index in [2.05, 4.69) is 35.0 Å². The van der Waals surface area contributed by atoms with Gasteiger partial charge in [0.2, 0.25) is 0 Å². The van der Waals surface area contributed by atoms with E-state index in [0.717, 1.165) is 6.42 Å². The van der Waals surface area contributed by atoms with Gasteiger partial charge in [0.1, 0.15) is 0 Å². The lowest BCUT2D eigenvalue weighted by atomic mass is 10.0. The fourth-order valence-corrected chi connectivity index (χ4v) is 1.86. The Morgan fingerprint density at radius 2 is 2.12 bits per heavy atom. The Bertz CT molecular complexity index is 379. The summed E-state index contributed by atoms with van der Waals surface area (Å²) < 4.78 is 0. The zero-order chi connectivity index (χ0) is 12.3. The van der Waals surface area contributed by atoms with E-state index in [0.29, 0.717) is 17.5 Å². The summed E-state index contributed by atoms with van der Waals surface area (Å²) in [4.78, 5) is 15.8. The fraction of sp³-hybridized carbons (Fsp3) is 0.500. The van der Waals surface area contributed by atoms with Gasteiger partial charge in [-0.15, -0.1) is 0 Å². The predicted octanol–water partition coefficient (Wildman–Crippen LogP) is 0.660. The summed E-state index contributed by atoms with van der Waals surface area (Å²) in [5.74, 6) is 0.474. The third kappa shape index (κ3) is 3.01. The van der Waals surface area contributed by atoms with E-state index in [9.17, 15) is 4.79 Å². The topological polar surface area (TPSA) is 66.0 Å². The number of amides is 1. The first-order chi connectivity index (χ1) is 8.16. The van der Waals surface area contributed by atoms with Crippen molar-refractivity contribution in [2.45, 2.75) is 32.5 Å². The lowest BCUT2D eigenvalue weighted by Gasteiger charge is -2.13. The molecule has 0 aliphatic carbocycles. The molecule has 1 aliphatic rings. The van der Waals surface area contributed by atoms with Gasteiger partial charge in [-0.3, -0.25) is 15.2 Å². The Kier molecular flexibility index (Phi) is 3.71. The van der Waals surface area contributed by atoms with Crippen LogP contribution in [0.5, 0.6) is 0 Å². The van der Waals surface area contributed by atoms with Crippen molar-refractivity contribution in [3.63, 3.8) is 0 Å². The van der Waals surface area contributed by atoms with Crippen molar-refractivity contribution in [2.75, 3.05) is 0 Å². The van der Waals surface area contributed by atoms with Gasteiger partial charge in [0.15, 0.2) is 0 Å². The van der Waals surface area contributed by atoms with Gasteiger partial charge in [-0.2, -0.15) is 0 Å². The van der Waals surface area contributed by atoms with Crippen LogP contribution in [0.1, 0.15) is 30.6 Å². The molecular weight excluding hydrogens is 216 g/mol. The number of carbonyl (C=O) groups excluding carboxylic acids is 1. The summed E-state index contributed by atoms with van der Waals surface area (Å²) in [6, 6.07) is 3.81. The third-order valence-corrected chi connectivity index (χ3v) is 2.99. The van der Waals surface area contributed by atoms with Gasteiger partial charge < -0.3 is 5.32 Å². The van der Waals surface area contributed by atoms with Crippen LogP contribution in [0.4, 0.5) is 0 Å². The molecule has 17 heavy (non-hydrogen) atoms. The Labute approximate surface area is 101 Å². The highest BCUT2D eigenvalue weighted by molar-refractivity contribution is 5.94. The zero-order valence-electron chi connectivity index (χ0n) is 10.1. The highest BCUT2D eigenvalue weighted by atomic mass is 16.1. The second kappa shape index (κ2) is 5.25. The van der Waals surface area contributed by atoms with Gasteiger partial charge in [0, 0.05) is 24.0 Å². The van der Waals surface area contributed by atoms with Gasteiger partial charge in [0.05, 0.1) is 6.17 Å². The maximum Gasteiger partial charge on any atom is 0.252 e. The van der Waals surface area contributed by atoms with Crippen LogP contribution >= 0.6 is 0 Å². The molecule has 5 heteroatoms. The molecule has 1 fully saturated rings. The third-order valence-electron chi connectivity index (χ3n) is 2.99. The first kappa shape index (κ1) is 12.0. The summed E-state index contributed by atoms with van der Waals surface area (Å²) >= 11 is 0. The van der Waals surface area contributed by atoms with E-state index in [1.54, 1.807) is 24.5 Å². The number of aromatic nitrogens is 1. The highest BCUT2D eigenvalue weighted by Crippen LogP contribution is 2.12. The van der Waals surface area contributed by atoms with E-state index in [4.69, 9.17) is 0 Å². The molecule has 0 aromatic carbocycles. The van der Waals surface area contributed by atoms with Crippen molar-refractivity contribution < 1.29 is 4.79 Å². The van der Waals surface area contributed by atoms with Gasteiger partial charge in [-0.1, -0.05) is 13.8 Å². The molecule has 2 atom stereocenters. The second-order valence-electron chi connectivity index (χ2n) is 4.64. The minimum Gasteiger partial charge on any atom is -0.335 e. The number of nitrogens with zero attached hydrogens (tertiary/aromatic N) is 1. The fourth-order valence-electron chi connectivity index (χ4n) is 1.86. The van der Waals surface area contributed by atoms with Crippen LogP contribution < -0.4 is 16.2 Å². The van der Waals surface area contributed by atoms with Crippen LogP contribution in [0, 0.1) is 5.92 Å². The molecule has 0 saturated carbocycles. The maximum atomic E-state index is 11.9. The molecule has 2 rings (SSSR count). The van der Waals surface area contributed by atoms with E-state index in [1.807, 2.05) is 0 Å². The molecule has 5 nitrogen and oxygen atoms in total. The Balaban J connectivity index is 1.89. The van der Waals surface area contributed by atoms with Crippen LogP contribution in [0.25, 0.3) is 0 Å². The van der Waals surface area contributed by atoms with Crippen molar-refractivity contribution in [3.8, 4) is 0 Å². The summed E-state index contributed by atoms with van der Waals surface area (Å²) in [7, 11) is 0. The summed E-state index contributed by atoms with van der Waals surface area (Å²) in [6.45, 7) is 4.32. The lowest BCUT2D eigenvalue weighted by Crippen LogP contribution is -2.44. The number of rotatable bonds is 3. The average molecular weight is 234 g/mol. The van der Waals surface area contributed by atoms with E-state index in [-0.39, 0.29) is 12.1 Å². The molecule has 0 radical (unpaired) electrons.